The molecule has 100 valence electrons. The summed E-state index contributed by atoms with van der Waals surface area (Å²) in [4.78, 5) is 14.5. The van der Waals surface area contributed by atoms with Gasteiger partial charge in [0.1, 0.15) is 0 Å². The summed E-state index contributed by atoms with van der Waals surface area (Å²) in [7, 11) is 0. The van der Waals surface area contributed by atoms with Gasteiger partial charge in [0.15, 0.2) is 0 Å². The van der Waals surface area contributed by atoms with Gasteiger partial charge in [-0.3, -0.25) is 4.79 Å². The van der Waals surface area contributed by atoms with E-state index in [-0.39, 0.29) is 5.91 Å². The third kappa shape index (κ3) is 3.59. The molecule has 0 aliphatic rings. The van der Waals surface area contributed by atoms with Gasteiger partial charge in [-0.15, -0.1) is 11.3 Å². The highest BCUT2D eigenvalue weighted by molar-refractivity contribution is 9.10. The molecule has 1 aromatic heterocycles. The Bertz CT molecular complexity index is 604. The van der Waals surface area contributed by atoms with Crippen LogP contribution in [0.4, 0.5) is 0 Å². The molecule has 1 N–H and O–H groups in total. The van der Waals surface area contributed by atoms with E-state index in [1.54, 1.807) is 29.5 Å². The summed E-state index contributed by atoms with van der Waals surface area (Å²) in [6.45, 7) is 4.71. The highest BCUT2D eigenvalue weighted by Gasteiger charge is 2.10. The molecule has 0 aliphatic heterocycles. The minimum atomic E-state index is -0.104. The third-order valence-electron chi connectivity index (χ3n) is 2.82. The maximum absolute atomic E-state index is 12.1. The van der Waals surface area contributed by atoms with Gasteiger partial charge < -0.3 is 5.32 Å². The summed E-state index contributed by atoms with van der Waals surface area (Å²) in [6, 6.07) is 7.25. The highest BCUT2D eigenvalue weighted by atomic mass is 79.9. The maximum Gasteiger partial charge on any atom is 0.252 e. The molecule has 0 radical (unpaired) electrons. The van der Waals surface area contributed by atoms with Crippen LogP contribution in [0.15, 0.2) is 28.7 Å². The van der Waals surface area contributed by atoms with E-state index in [0.717, 1.165) is 4.88 Å². The lowest BCUT2D eigenvalue weighted by Crippen LogP contribution is -2.22. The summed E-state index contributed by atoms with van der Waals surface area (Å²) in [5, 5.41) is 3.52. The van der Waals surface area contributed by atoms with Crippen LogP contribution in [0, 0.1) is 13.8 Å². The molecule has 2 aromatic rings. The lowest BCUT2D eigenvalue weighted by Gasteiger charge is -2.06. The second-order valence-electron chi connectivity index (χ2n) is 4.26. The standard InChI is InChI=1S/C14H13BrClNOS/c1-8-5-11(19-9(8)2)7-17-14(18)12-4-3-10(16)6-13(12)15/h3-6H,7H2,1-2H3,(H,17,18). The molecule has 0 spiro atoms. The van der Waals surface area contributed by atoms with Gasteiger partial charge in [-0.25, -0.2) is 0 Å². The smallest absolute Gasteiger partial charge is 0.252 e. The van der Waals surface area contributed by atoms with Crippen LogP contribution in [0.2, 0.25) is 5.02 Å². The van der Waals surface area contributed by atoms with Crippen molar-refractivity contribution in [3.63, 3.8) is 0 Å². The molecular formula is C14H13BrClNOS. The van der Waals surface area contributed by atoms with Crippen LogP contribution in [0.25, 0.3) is 0 Å². The molecule has 1 heterocycles. The van der Waals surface area contributed by atoms with Crippen molar-refractivity contribution in [3.05, 3.63) is 54.6 Å². The van der Waals surface area contributed by atoms with E-state index in [0.29, 0.717) is 21.6 Å². The molecule has 0 saturated carbocycles. The van der Waals surface area contributed by atoms with Crippen molar-refractivity contribution in [2.75, 3.05) is 0 Å². The molecule has 0 aliphatic carbocycles. The molecule has 0 bridgehead atoms. The van der Waals surface area contributed by atoms with E-state index in [9.17, 15) is 4.79 Å². The molecule has 0 atom stereocenters. The largest absolute Gasteiger partial charge is 0.347 e. The third-order valence-corrected chi connectivity index (χ3v) is 4.86. The van der Waals surface area contributed by atoms with Gasteiger partial charge in [0, 0.05) is 19.2 Å². The van der Waals surface area contributed by atoms with Gasteiger partial charge in [-0.05, 0) is 59.6 Å². The Kier molecular flexibility index (Phi) is 4.66. The van der Waals surface area contributed by atoms with Gasteiger partial charge in [0.2, 0.25) is 0 Å². The van der Waals surface area contributed by atoms with Crippen molar-refractivity contribution in [2.45, 2.75) is 20.4 Å². The summed E-state index contributed by atoms with van der Waals surface area (Å²) in [5.41, 5.74) is 1.86. The summed E-state index contributed by atoms with van der Waals surface area (Å²) in [5.74, 6) is -0.104. The Morgan fingerprint density at radius 3 is 2.68 bits per heavy atom. The normalized spacial score (nSPS) is 10.5. The Hall–Kier alpha value is -0.840. The number of nitrogens with one attached hydrogen (secondary N) is 1. The molecule has 1 amide bonds. The molecular weight excluding hydrogens is 346 g/mol. The fourth-order valence-electron chi connectivity index (χ4n) is 1.67. The van der Waals surface area contributed by atoms with Crippen molar-refractivity contribution < 1.29 is 4.79 Å². The highest BCUT2D eigenvalue weighted by Crippen LogP contribution is 2.23. The number of carbonyl (C=O) groups excluding carboxylic acids is 1. The van der Waals surface area contributed by atoms with Crippen LogP contribution in [-0.4, -0.2) is 5.91 Å². The van der Waals surface area contributed by atoms with Gasteiger partial charge in [0.25, 0.3) is 5.91 Å². The van der Waals surface area contributed by atoms with Crippen LogP contribution in [0.1, 0.15) is 25.7 Å². The Morgan fingerprint density at radius 1 is 1.37 bits per heavy atom. The van der Waals surface area contributed by atoms with Crippen LogP contribution in [-0.2, 0) is 6.54 Å². The van der Waals surface area contributed by atoms with Gasteiger partial charge in [-0.2, -0.15) is 0 Å². The summed E-state index contributed by atoms with van der Waals surface area (Å²) >= 11 is 10.9. The molecule has 2 rings (SSSR count). The number of hydrogen-bond acceptors (Lipinski definition) is 2. The number of carbonyl (C=O) groups is 1. The lowest BCUT2D eigenvalue weighted by molar-refractivity contribution is 0.0950. The quantitative estimate of drug-likeness (QED) is 0.846. The monoisotopic (exact) mass is 357 g/mol. The Morgan fingerprint density at radius 2 is 2.11 bits per heavy atom. The first-order chi connectivity index (χ1) is 8.97. The van der Waals surface area contributed by atoms with E-state index >= 15 is 0 Å². The van der Waals surface area contributed by atoms with Crippen LogP contribution in [0.5, 0.6) is 0 Å². The minimum absolute atomic E-state index is 0.104. The van der Waals surface area contributed by atoms with Crippen LogP contribution >= 0.6 is 38.9 Å². The number of aryl methyl sites for hydroxylation is 2. The molecule has 0 unspecified atom stereocenters. The second-order valence-corrected chi connectivity index (χ2v) is 6.89. The maximum atomic E-state index is 12.1. The minimum Gasteiger partial charge on any atom is -0.347 e. The fraction of sp³-hybridized carbons (Fsp3) is 0.214. The summed E-state index contributed by atoms with van der Waals surface area (Å²) < 4.78 is 0.705. The average Bonchev–Trinajstić information content (AvgIpc) is 2.66. The number of halogens is 2. The summed E-state index contributed by atoms with van der Waals surface area (Å²) in [6.07, 6.45) is 0. The fourth-order valence-corrected chi connectivity index (χ4v) is 3.53. The molecule has 0 saturated heterocycles. The Balaban J connectivity index is 2.05. The van der Waals surface area contributed by atoms with Gasteiger partial charge in [-0.1, -0.05) is 11.6 Å². The SMILES string of the molecule is Cc1cc(CNC(=O)c2ccc(Cl)cc2Br)sc1C. The van der Waals surface area contributed by atoms with Crippen LogP contribution in [0.3, 0.4) is 0 Å². The number of thiophene rings is 1. The number of hydrogen-bond donors (Lipinski definition) is 1. The molecule has 1 aromatic carbocycles. The number of amides is 1. The zero-order valence-corrected chi connectivity index (χ0v) is 13.7. The first kappa shape index (κ1) is 14.6. The Labute approximate surface area is 129 Å². The predicted octanol–water partition coefficient (Wildman–Crippen LogP) is 4.71. The predicted molar refractivity (Wildman–Crippen MR) is 84.1 cm³/mol. The van der Waals surface area contributed by atoms with Crippen molar-refractivity contribution in [3.8, 4) is 0 Å². The van der Waals surface area contributed by atoms with Crippen molar-refractivity contribution >= 4 is 44.8 Å². The molecule has 2 nitrogen and oxygen atoms in total. The van der Waals surface area contributed by atoms with Crippen molar-refractivity contribution in [1.82, 2.24) is 5.32 Å². The first-order valence-corrected chi connectivity index (χ1v) is 7.75. The van der Waals surface area contributed by atoms with E-state index in [2.05, 4.69) is 41.2 Å². The van der Waals surface area contributed by atoms with E-state index in [1.165, 1.54) is 10.4 Å². The van der Waals surface area contributed by atoms with Crippen molar-refractivity contribution in [2.24, 2.45) is 0 Å². The van der Waals surface area contributed by atoms with Gasteiger partial charge in [0.05, 0.1) is 12.1 Å². The molecule has 19 heavy (non-hydrogen) atoms. The number of rotatable bonds is 3. The van der Waals surface area contributed by atoms with E-state index < -0.39 is 0 Å². The lowest BCUT2D eigenvalue weighted by atomic mass is 10.2. The zero-order chi connectivity index (χ0) is 14.0. The van der Waals surface area contributed by atoms with Crippen molar-refractivity contribution in [1.29, 1.82) is 0 Å². The van der Waals surface area contributed by atoms with E-state index in [4.69, 9.17) is 11.6 Å². The topological polar surface area (TPSA) is 29.1 Å². The second kappa shape index (κ2) is 6.07. The molecule has 0 fully saturated rings. The van der Waals surface area contributed by atoms with E-state index in [1.807, 2.05) is 0 Å². The first-order valence-electron chi connectivity index (χ1n) is 5.76. The average molecular weight is 359 g/mol. The molecule has 5 heteroatoms. The van der Waals surface area contributed by atoms with Crippen LogP contribution < -0.4 is 5.32 Å². The zero-order valence-electron chi connectivity index (χ0n) is 10.6. The van der Waals surface area contributed by atoms with Gasteiger partial charge >= 0.3 is 0 Å². The number of benzene rings is 1.